The lowest BCUT2D eigenvalue weighted by Gasteiger charge is -2.50. The summed E-state index contributed by atoms with van der Waals surface area (Å²) in [4.78, 5) is 56.1. The summed E-state index contributed by atoms with van der Waals surface area (Å²) in [7, 11) is 0. The Bertz CT molecular complexity index is 1130. The predicted octanol–water partition coefficient (Wildman–Crippen LogP) is 5.78. The third-order valence-corrected chi connectivity index (χ3v) is 7.62. The van der Waals surface area contributed by atoms with Crippen LogP contribution in [0.25, 0.3) is 0 Å². The van der Waals surface area contributed by atoms with Gasteiger partial charge < -0.3 is 29.2 Å². The number of carbonyl (C=O) groups excluding carboxylic acids is 4. The van der Waals surface area contributed by atoms with Crippen molar-refractivity contribution in [3.63, 3.8) is 0 Å². The molecule has 0 aromatic carbocycles. The van der Waals surface area contributed by atoms with Gasteiger partial charge in [0.1, 0.15) is 45.8 Å². The van der Waals surface area contributed by atoms with Crippen molar-refractivity contribution >= 4 is 23.9 Å². The highest BCUT2D eigenvalue weighted by Gasteiger charge is 2.80. The lowest BCUT2D eigenvalue weighted by atomic mass is 9.50. The summed E-state index contributed by atoms with van der Waals surface area (Å²) in [6, 6.07) is 0. The minimum Gasteiger partial charge on any atom is -0.511 e. The van der Waals surface area contributed by atoms with Gasteiger partial charge >= 0.3 is 23.9 Å². The molecular formula is C32H48O10. The first kappa shape index (κ1) is 33.5. The maximum absolute atomic E-state index is 14.0. The molecule has 0 aromatic heterocycles. The van der Waals surface area contributed by atoms with Gasteiger partial charge in [-0.3, -0.25) is 9.59 Å². The number of hydrogen-bond donors (Lipinski definition) is 2. The quantitative estimate of drug-likeness (QED) is 0.304. The van der Waals surface area contributed by atoms with Crippen LogP contribution in [0.4, 0.5) is 0 Å². The zero-order valence-electron chi connectivity index (χ0n) is 27.1. The molecule has 0 aliphatic heterocycles. The molecule has 4 unspecified atom stereocenters. The third-order valence-electron chi connectivity index (χ3n) is 7.62. The number of carbonyl (C=O) groups is 4. The number of esters is 4. The van der Waals surface area contributed by atoms with Crippen molar-refractivity contribution in [3.05, 3.63) is 22.7 Å². The van der Waals surface area contributed by atoms with Gasteiger partial charge in [0, 0.05) is 10.8 Å². The second-order valence-electron chi connectivity index (χ2n) is 15.6. The van der Waals surface area contributed by atoms with Crippen molar-refractivity contribution < 1.29 is 48.3 Å². The van der Waals surface area contributed by atoms with E-state index in [-0.39, 0.29) is 24.0 Å². The number of aliphatic hydroxyl groups is 2. The molecule has 3 aliphatic rings. The minimum absolute atomic E-state index is 0.0746. The molecule has 0 aromatic rings. The number of aliphatic hydroxyl groups excluding tert-OH is 2. The molecule has 0 amide bonds. The summed E-state index contributed by atoms with van der Waals surface area (Å²) in [5.74, 6) is -8.18. The highest BCUT2D eigenvalue weighted by atomic mass is 16.6. The van der Waals surface area contributed by atoms with Crippen molar-refractivity contribution in [2.75, 3.05) is 0 Å². The topological polar surface area (TPSA) is 146 Å². The van der Waals surface area contributed by atoms with Crippen molar-refractivity contribution in [2.24, 2.45) is 22.7 Å². The Morgan fingerprint density at radius 1 is 0.548 bits per heavy atom. The van der Waals surface area contributed by atoms with E-state index in [1.54, 1.807) is 83.1 Å². The van der Waals surface area contributed by atoms with Gasteiger partial charge in [0.05, 0.1) is 11.1 Å². The van der Waals surface area contributed by atoms with Crippen molar-refractivity contribution in [1.82, 2.24) is 0 Å². The highest BCUT2D eigenvalue weighted by molar-refractivity contribution is 6.03. The number of ether oxygens (including phenoxy) is 4. The van der Waals surface area contributed by atoms with Crippen LogP contribution < -0.4 is 0 Å². The van der Waals surface area contributed by atoms with Gasteiger partial charge in [0.2, 0.25) is 0 Å². The molecule has 3 aliphatic carbocycles. The van der Waals surface area contributed by atoms with Gasteiger partial charge in [-0.25, -0.2) is 9.59 Å². The average molecular weight is 593 g/mol. The number of rotatable bonds is 4. The predicted molar refractivity (Wildman–Crippen MR) is 153 cm³/mol. The zero-order valence-corrected chi connectivity index (χ0v) is 27.1. The molecule has 2 N–H and O–H groups in total. The van der Waals surface area contributed by atoms with Crippen LogP contribution in [0, 0.1) is 22.7 Å². The van der Waals surface area contributed by atoms with Gasteiger partial charge in [-0.1, -0.05) is 12.8 Å². The summed E-state index contributed by atoms with van der Waals surface area (Å²) in [5.41, 5.74) is -8.17. The Hall–Kier alpha value is -3.04. The molecule has 0 spiro atoms. The van der Waals surface area contributed by atoms with Crippen LogP contribution in [0.3, 0.4) is 0 Å². The summed E-state index contributed by atoms with van der Waals surface area (Å²) in [6.07, 6.45) is 1.09. The summed E-state index contributed by atoms with van der Waals surface area (Å²) in [5, 5.41) is 23.9. The van der Waals surface area contributed by atoms with E-state index in [1.807, 2.05) is 0 Å². The van der Waals surface area contributed by atoms with Crippen LogP contribution in [-0.4, -0.2) is 56.5 Å². The first-order valence-electron chi connectivity index (χ1n) is 14.6. The smallest absolute Gasteiger partial charge is 0.338 e. The molecular weight excluding hydrogens is 544 g/mol. The standard InChI is InChI=1S/C32H48O10/c1-27(2,3)39-23(35)17-21(33)18(24(36)40-28(4,5)6)32-16-14-13-15-31(17,32)19(25(37)41-29(7,8)9)22(34)20(32)26(38)42-30(10,11)12/h17,20,33-34H,13-16H2,1-12H3. The van der Waals surface area contributed by atoms with Crippen molar-refractivity contribution in [2.45, 2.75) is 131 Å². The Morgan fingerprint density at radius 2 is 0.810 bits per heavy atom. The SMILES string of the molecule is CC(C)(C)OC(=O)C1=C(O)C(C(=O)OC(C)(C)C)C23CCCCC12C(C(=O)OC(C)(C)C)C(O)=C3C(=O)OC(C)(C)C. The van der Waals surface area contributed by atoms with Gasteiger partial charge in [0.15, 0.2) is 0 Å². The highest BCUT2D eigenvalue weighted by Crippen LogP contribution is 2.76. The molecule has 1 fully saturated rings. The largest absolute Gasteiger partial charge is 0.511 e. The Morgan fingerprint density at radius 3 is 1.05 bits per heavy atom. The molecule has 0 radical (unpaired) electrons. The molecule has 42 heavy (non-hydrogen) atoms. The van der Waals surface area contributed by atoms with E-state index in [4.69, 9.17) is 18.9 Å². The average Bonchev–Trinajstić information content (AvgIpc) is 3.07. The summed E-state index contributed by atoms with van der Waals surface area (Å²) < 4.78 is 23.0. The fourth-order valence-electron chi connectivity index (χ4n) is 6.83. The molecule has 0 saturated heterocycles. The number of hydrogen-bond acceptors (Lipinski definition) is 10. The second-order valence-corrected chi connectivity index (χ2v) is 15.6. The Labute approximate surface area is 248 Å². The molecule has 10 nitrogen and oxygen atoms in total. The Kier molecular flexibility index (Phi) is 8.20. The van der Waals surface area contributed by atoms with E-state index in [0.717, 1.165) is 0 Å². The fraction of sp³-hybridized carbons (Fsp3) is 0.750. The van der Waals surface area contributed by atoms with E-state index in [0.29, 0.717) is 12.8 Å². The van der Waals surface area contributed by atoms with Crippen LogP contribution in [0.15, 0.2) is 22.7 Å². The van der Waals surface area contributed by atoms with Crippen LogP contribution >= 0.6 is 0 Å². The van der Waals surface area contributed by atoms with Crippen LogP contribution in [0.5, 0.6) is 0 Å². The van der Waals surface area contributed by atoms with Gasteiger partial charge in [-0.15, -0.1) is 0 Å². The monoisotopic (exact) mass is 592 g/mol. The van der Waals surface area contributed by atoms with Gasteiger partial charge in [-0.05, 0) is 95.9 Å². The lowest BCUT2D eigenvalue weighted by Crippen LogP contribution is -2.54. The van der Waals surface area contributed by atoms with Crippen LogP contribution in [0.2, 0.25) is 0 Å². The van der Waals surface area contributed by atoms with E-state index in [9.17, 15) is 29.4 Å². The van der Waals surface area contributed by atoms with E-state index in [2.05, 4.69) is 0 Å². The van der Waals surface area contributed by atoms with Crippen molar-refractivity contribution in [1.29, 1.82) is 0 Å². The van der Waals surface area contributed by atoms with E-state index < -0.39 is 80.5 Å². The van der Waals surface area contributed by atoms with Gasteiger partial charge in [0.25, 0.3) is 0 Å². The molecule has 3 rings (SSSR count). The lowest BCUT2D eigenvalue weighted by molar-refractivity contribution is -0.176. The molecule has 10 heteroatoms. The normalized spacial score (nSPS) is 28.2. The van der Waals surface area contributed by atoms with E-state index in [1.165, 1.54) is 0 Å². The van der Waals surface area contributed by atoms with Crippen molar-refractivity contribution in [3.8, 4) is 0 Å². The first-order chi connectivity index (χ1) is 18.8. The minimum atomic E-state index is -1.75. The molecule has 236 valence electrons. The summed E-state index contributed by atoms with van der Waals surface area (Å²) >= 11 is 0. The third kappa shape index (κ3) is 5.78. The van der Waals surface area contributed by atoms with E-state index >= 15 is 0 Å². The second kappa shape index (κ2) is 10.3. The molecule has 0 heterocycles. The first-order valence-corrected chi connectivity index (χ1v) is 14.6. The maximum Gasteiger partial charge on any atom is 0.338 e. The molecule has 1 saturated carbocycles. The van der Waals surface area contributed by atoms with Gasteiger partial charge in [-0.2, -0.15) is 0 Å². The molecule has 0 bridgehead atoms. The maximum atomic E-state index is 14.0. The Balaban J connectivity index is 2.48. The molecule has 4 atom stereocenters. The van der Waals surface area contributed by atoms with Crippen LogP contribution in [0.1, 0.15) is 109 Å². The fourth-order valence-corrected chi connectivity index (χ4v) is 6.83. The summed E-state index contributed by atoms with van der Waals surface area (Å²) in [6.45, 7) is 19.8. The van der Waals surface area contributed by atoms with Crippen LogP contribution in [-0.2, 0) is 38.1 Å². The zero-order chi connectivity index (χ0) is 32.4.